The van der Waals surface area contributed by atoms with E-state index in [0.29, 0.717) is 12.0 Å². The van der Waals surface area contributed by atoms with Crippen molar-refractivity contribution in [1.29, 1.82) is 0 Å². The van der Waals surface area contributed by atoms with Crippen molar-refractivity contribution in [3.63, 3.8) is 0 Å². The van der Waals surface area contributed by atoms with Gasteiger partial charge in [0.1, 0.15) is 0 Å². The lowest BCUT2D eigenvalue weighted by molar-refractivity contribution is 0.0916. The SMILES string of the molecule is CCSc1ccc(C(=O)NCC(O)Cc2ccccc2)cc1. The van der Waals surface area contributed by atoms with Gasteiger partial charge in [0.15, 0.2) is 0 Å². The molecular formula is C18H21NO2S. The number of nitrogens with one attached hydrogen (secondary N) is 1. The van der Waals surface area contributed by atoms with E-state index in [2.05, 4.69) is 12.2 Å². The largest absolute Gasteiger partial charge is 0.391 e. The smallest absolute Gasteiger partial charge is 0.251 e. The number of hydrogen-bond acceptors (Lipinski definition) is 3. The van der Waals surface area contributed by atoms with Gasteiger partial charge in [0.2, 0.25) is 0 Å². The van der Waals surface area contributed by atoms with Crippen molar-refractivity contribution >= 4 is 17.7 Å². The summed E-state index contributed by atoms with van der Waals surface area (Å²) in [5.74, 6) is 0.859. The van der Waals surface area contributed by atoms with Gasteiger partial charge in [-0.3, -0.25) is 4.79 Å². The molecule has 0 spiro atoms. The summed E-state index contributed by atoms with van der Waals surface area (Å²) in [5, 5.41) is 12.8. The van der Waals surface area contributed by atoms with Crippen LogP contribution in [0.4, 0.5) is 0 Å². The van der Waals surface area contributed by atoms with Crippen molar-refractivity contribution in [3.05, 3.63) is 65.7 Å². The third kappa shape index (κ3) is 5.20. The van der Waals surface area contributed by atoms with Crippen molar-refractivity contribution in [2.75, 3.05) is 12.3 Å². The second-order valence-electron chi connectivity index (χ2n) is 5.01. The lowest BCUT2D eigenvalue weighted by atomic mass is 10.1. The van der Waals surface area contributed by atoms with E-state index in [1.807, 2.05) is 54.6 Å². The van der Waals surface area contributed by atoms with Gasteiger partial charge < -0.3 is 10.4 Å². The summed E-state index contributed by atoms with van der Waals surface area (Å²) in [5.41, 5.74) is 1.68. The van der Waals surface area contributed by atoms with Crippen LogP contribution in [0.3, 0.4) is 0 Å². The van der Waals surface area contributed by atoms with Crippen LogP contribution in [0.5, 0.6) is 0 Å². The topological polar surface area (TPSA) is 49.3 Å². The Bertz CT molecular complexity index is 584. The van der Waals surface area contributed by atoms with Gasteiger partial charge in [0.05, 0.1) is 6.10 Å². The summed E-state index contributed by atoms with van der Waals surface area (Å²) in [6, 6.07) is 17.3. The maximum absolute atomic E-state index is 12.0. The molecule has 1 amide bonds. The molecule has 1 unspecified atom stereocenters. The molecule has 0 aromatic heterocycles. The van der Waals surface area contributed by atoms with Gasteiger partial charge in [0, 0.05) is 23.4 Å². The number of amides is 1. The molecule has 2 rings (SSSR count). The zero-order valence-corrected chi connectivity index (χ0v) is 13.5. The highest BCUT2D eigenvalue weighted by molar-refractivity contribution is 7.99. The molecule has 0 saturated heterocycles. The molecule has 0 fully saturated rings. The molecule has 0 bridgehead atoms. The average molecular weight is 315 g/mol. The maximum atomic E-state index is 12.0. The lowest BCUT2D eigenvalue weighted by Gasteiger charge is -2.12. The van der Waals surface area contributed by atoms with E-state index in [9.17, 15) is 9.90 Å². The molecule has 116 valence electrons. The van der Waals surface area contributed by atoms with Crippen LogP contribution in [0.15, 0.2) is 59.5 Å². The Balaban J connectivity index is 1.81. The van der Waals surface area contributed by atoms with Crippen molar-refractivity contribution in [1.82, 2.24) is 5.32 Å². The van der Waals surface area contributed by atoms with Crippen LogP contribution in [0, 0.1) is 0 Å². The van der Waals surface area contributed by atoms with Crippen LogP contribution in [0.25, 0.3) is 0 Å². The molecule has 2 aromatic carbocycles. The second-order valence-corrected chi connectivity index (χ2v) is 6.35. The number of hydrogen-bond donors (Lipinski definition) is 2. The third-order valence-corrected chi connectivity index (χ3v) is 4.13. The molecule has 0 aliphatic heterocycles. The van der Waals surface area contributed by atoms with Gasteiger partial charge in [0.25, 0.3) is 5.91 Å². The number of aliphatic hydroxyl groups excluding tert-OH is 1. The molecule has 3 nitrogen and oxygen atoms in total. The highest BCUT2D eigenvalue weighted by atomic mass is 32.2. The number of carbonyl (C=O) groups is 1. The van der Waals surface area contributed by atoms with E-state index in [1.54, 1.807) is 11.8 Å². The summed E-state index contributed by atoms with van der Waals surface area (Å²) < 4.78 is 0. The van der Waals surface area contributed by atoms with Gasteiger partial charge in [-0.25, -0.2) is 0 Å². The molecule has 2 aromatic rings. The summed E-state index contributed by atoms with van der Waals surface area (Å²) in [6.07, 6.45) is -0.0472. The zero-order valence-electron chi connectivity index (χ0n) is 12.7. The minimum absolute atomic E-state index is 0.153. The predicted octanol–water partition coefficient (Wildman–Crippen LogP) is 3.13. The van der Waals surface area contributed by atoms with E-state index < -0.39 is 6.10 Å². The van der Waals surface area contributed by atoms with Crippen molar-refractivity contribution in [2.45, 2.75) is 24.3 Å². The summed E-state index contributed by atoms with van der Waals surface area (Å²) in [4.78, 5) is 13.2. The summed E-state index contributed by atoms with van der Waals surface area (Å²) in [6.45, 7) is 2.35. The first-order valence-corrected chi connectivity index (χ1v) is 8.40. The van der Waals surface area contributed by atoms with Crippen LogP contribution in [0.1, 0.15) is 22.8 Å². The Morgan fingerprint density at radius 2 is 1.82 bits per heavy atom. The molecule has 0 radical (unpaired) electrons. The third-order valence-electron chi connectivity index (χ3n) is 3.24. The van der Waals surface area contributed by atoms with Gasteiger partial charge in [-0.2, -0.15) is 0 Å². The van der Waals surface area contributed by atoms with Crippen LogP contribution in [-0.2, 0) is 6.42 Å². The summed E-state index contributed by atoms with van der Waals surface area (Å²) in [7, 11) is 0. The van der Waals surface area contributed by atoms with Gasteiger partial charge in [-0.1, -0.05) is 37.3 Å². The minimum atomic E-state index is -0.582. The molecule has 0 aliphatic carbocycles. The lowest BCUT2D eigenvalue weighted by Crippen LogP contribution is -2.33. The van der Waals surface area contributed by atoms with Gasteiger partial charge >= 0.3 is 0 Å². The number of benzene rings is 2. The van der Waals surface area contributed by atoms with E-state index in [-0.39, 0.29) is 12.5 Å². The van der Waals surface area contributed by atoms with Gasteiger partial charge in [-0.05, 0) is 35.6 Å². The molecule has 0 aliphatic rings. The van der Waals surface area contributed by atoms with Crippen molar-refractivity contribution in [2.24, 2.45) is 0 Å². The zero-order chi connectivity index (χ0) is 15.8. The molecule has 0 heterocycles. The molecule has 4 heteroatoms. The highest BCUT2D eigenvalue weighted by Crippen LogP contribution is 2.17. The first kappa shape index (κ1) is 16.6. The number of rotatable bonds is 7. The molecule has 2 N–H and O–H groups in total. The molecular weight excluding hydrogens is 294 g/mol. The Labute approximate surface area is 135 Å². The molecule has 22 heavy (non-hydrogen) atoms. The maximum Gasteiger partial charge on any atom is 0.251 e. The molecule has 0 saturated carbocycles. The van der Waals surface area contributed by atoms with E-state index in [0.717, 1.165) is 16.2 Å². The second kappa shape index (κ2) is 8.61. The van der Waals surface area contributed by atoms with Crippen molar-refractivity contribution < 1.29 is 9.90 Å². The number of carbonyl (C=O) groups excluding carboxylic acids is 1. The fraction of sp³-hybridized carbons (Fsp3) is 0.278. The van der Waals surface area contributed by atoms with Crippen LogP contribution >= 0.6 is 11.8 Å². The quantitative estimate of drug-likeness (QED) is 0.772. The Kier molecular flexibility index (Phi) is 6.49. The first-order valence-electron chi connectivity index (χ1n) is 7.42. The fourth-order valence-electron chi connectivity index (χ4n) is 2.14. The van der Waals surface area contributed by atoms with E-state index >= 15 is 0 Å². The van der Waals surface area contributed by atoms with E-state index in [1.165, 1.54) is 0 Å². The fourth-order valence-corrected chi connectivity index (χ4v) is 2.80. The highest BCUT2D eigenvalue weighted by Gasteiger charge is 2.09. The van der Waals surface area contributed by atoms with Crippen LogP contribution in [0.2, 0.25) is 0 Å². The standard InChI is InChI=1S/C18H21NO2S/c1-2-22-17-10-8-15(9-11-17)18(21)19-13-16(20)12-14-6-4-3-5-7-14/h3-11,16,20H,2,12-13H2,1H3,(H,19,21). The number of aliphatic hydroxyl groups is 1. The average Bonchev–Trinajstić information content (AvgIpc) is 2.54. The van der Waals surface area contributed by atoms with Crippen LogP contribution < -0.4 is 5.32 Å². The Morgan fingerprint density at radius 1 is 1.14 bits per heavy atom. The van der Waals surface area contributed by atoms with Crippen molar-refractivity contribution in [3.8, 4) is 0 Å². The Morgan fingerprint density at radius 3 is 2.45 bits per heavy atom. The Hall–Kier alpha value is -1.78. The normalized spacial score (nSPS) is 11.9. The minimum Gasteiger partial charge on any atom is -0.391 e. The number of thioether (sulfide) groups is 1. The first-order chi connectivity index (χ1) is 10.7. The predicted molar refractivity (Wildman–Crippen MR) is 91.3 cm³/mol. The van der Waals surface area contributed by atoms with E-state index in [4.69, 9.17) is 0 Å². The summed E-state index contributed by atoms with van der Waals surface area (Å²) >= 11 is 1.74. The van der Waals surface area contributed by atoms with Gasteiger partial charge in [-0.15, -0.1) is 11.8 Å². The van der Waals surface area contributed by atoms with Crippen LogP contribution in [-0.4, -0.2) is 29.4 Å². The monoisotopic (exact) mass is 315 g/mol. The molecule has 1 atom stereocenters.